The lowest BCUT2D eigenvalue weighted by atomic mass is 10.1. The lowest BCUT2D eigenvalue weighted by Crippen LogP contribution is -2.29. The van der Waals surface area contributed by atoms with Crippen LogP contribution in [0.4, 0.5) is 10.5 Å². The minimum Gasteiger partial charge on any atom is -0.338 e. The average Bonchev–Trinajstić information content (AvgIpc) is 2.77. The molecule has 5 rings (SSSR count). The fourth-order valence-corrected chi connectivity index (χ4v) is 3.49. The lowest BCUT2D eigenvalue weighted by Gasteiger charge is -2.10. The summed E-state index contributed by atoms with van der Waals surface area (Å²) in [4.78, 5) is 30.8. The smallest absolute Gasteiger partial charge is 0.319 e. The summed E-state index contributed by atoms with van der Waals surface area (Å²) in [5.74, 6) is 0. The van der Waals surface area contributed by atoms with Crippen molar-refractivity contribution in [3.63, 3.8) is 0 Å². The van der Waals surface area contributed by atoms with Crippen molar-refractivity contribution in [3.8, 4) is 0 Å². The molecule has 0 aliphatic carbocycles. The molecule has 0 unspecified atom stereocenters. The van der Waals surface area contributed by atoms with Crippen LogP contribution in [0.2, 0.25) is 0 Å². The number of nitrogens with one attached hydrogen (secondary N) is 2. The molecular weight excluding hydrogens is 364 g/mol. The van der Waals surface area contributed by atoms with Gasteiger partial charge in [0.15, 0.2) is 0 Å². The Hall–Kier alpha value is -3.87. The first kappa shape index (κ1) is 17.2. The minimum absolute atomic E-state index is 0.230. The quantitative estimate of drug-likeness (QED) is 0.356. The summed E-state index contributed by atoms with van der Waals surface area (Å²) < 4.78 is 0. The van der Waals surface area contributed by atoms with Crippen LogP contribution in [-0.4, -0.2) is 32.5 Å². The lowest BCUT2D eigenvalue weighted by molar-refractivity contribution is 0.252. The van der Waals surface area contributed by atoms with Gasteiger partial charge in [-0.3, -0.25) is 9.97 Å². The molecule has 0 bridgehead atoms. The maximum absolute atomic E-state index is 12.0. The summed E-state index contributed by atoms with van der Waals surface area (Å²) in [6, 6.07) is 13.1. The van der Waals surface area contributed by atoms with Crippen LogP contribution in [0.3, 0.4) is 0 Å². The number of fused-ring (bicyclic) bond motifs is 7. The van der Waals surface area contributed by atoms with Crippen molar-refractivity contribution in [1.82, 2.24) is 25.3 Å². The third kappa shape index (κ3) is 2.97. The first-order chi connectivity index (χ1) is 14.2. The van der Waals surface area contributed by atoms with Gasteiger partial charge in [0.1, 0.15) is 0 Å². The number of nitrogens with zero attached hydrogens (tertiary/aromatic N) is 4. The van der Waals surface area contributed by atoms with E-state index in [2.05, 4.69) is 20.6 Å². The highest BCUT2D eigenvalue weighted by Gasteiger charge is 2.14. The van der Waals surface area contributed by atoms with Gasteiger partial charge in [0.25, 0.3) is 0 Å². The van der Waals surface area contributed by atoms with Crippen molar-refractivity contribution in [2.75, 3.05) is 11.9 Å². The van der Waals surface area contributed by atoms with Crippen LogP contribution in [0.25, 0.3) is 43.9 Å². The topological polar surface area (TPSA) is 92.7 Å². The van der Waals surface area contributed by atoms with Gasteiger partial charge in [-0.1, -0.05) is 6.92 Å². The Balaban J connectivity index is 1.73. The van der Waals surface area contributed by atoms with Gasteiger partial charge in [-0.2, -0.15) is 0 Å². The van der Waals surface area contributed by atoms with E-state index in [1.165, 1.54) is 0 Å². The SMILES string of the molecule is CCCNC(=O)Nc1ccc2nc3c4cccnc4c4ncccc4c3nc2c1. The molecule has 29 heavy (non-hydrogen) atoms. The molecule has 0 radical (unpaired) electrons. The Morgan fingerprint density at radius 2 is 1.52 bits per heavy atom. The fourth-order valence-electron chi connectivity index (χ4n) is 3.49. The first-order valence-corrected chi connectivity index (χ1v) is 9.52. The monoisotopic (exact) mass is 382 g/mol. The molecule has 2 amide bonds. The normalized spacial score (nSPS) is 11.3. The average molecular weight is 382 g/mol. The van der Waals surface area contributed by atoms with Gasteiger partial charge in [0, 0.05) is 35.4 Å². The van der Waals surface area contributed by atoms with Gasteiger partial charge in [-0.25, -0.2) is 14.8 Å². The number of benzene rings is 2. The molecule has 0 saturated heterocycles. The van der Waals surface area contributed by atoms with Crippen molar-refractivity contribution >= 4 is 55.6 Å². The van der Waals surface area contributed by atoms with E-state index < -0.39 is 0 Å². The minimum atomic E-state index is -0.230. The molecule has 3 heterocycles. The van der Waals surface area contributed by atoms with Crippen LogP contribution in [-0.2, 0) is 0 Å². The van der Waals surface area contributed by atoms with E-state index in [4.69, 9.17) is 9.97 Å². The molecule has 0 fully saturated rings. The summed E-state index contributed by atoms with van der Waals surface area (Å²) in [5.41, 5.74) is 5.32. The van der Waals surface area contributed by atoms with Crippen LogP contribution in [0, 0.1) is 0 Å². The van der Waals surface area contributed by atoms with E-state index in [1.54, 1.807) is 12.4 Å². The summed E-state index contributed by atoms with van der Waals surface area (Å²) in [6.07, 6.45) is 4.40. The third-order valence-corrected chi connectivity index (χ3v) is 4.81. The highest BCUT2D eigenvalue weighted by molar-refractivity contribution is 6.21. The number of carbonyl (C=O) groups is 1. The number of amides is 2. The molecule has 3 aromatic heterocycles. The van der Waals surface area contributed by atoms with Crippen LogP contribution < -0.4 is 10.6 Å². The predicted molar refractivity (Wildman–Crippen MR) is 115 cm³/mol. The molecular formula is C22H18N6O. The largest absolute Gasteiger partial charge is 0.338 e. The predicted octanol–water partition coefficient (Wildman–Crippen LogP) is 4.41. The number of anilines is 1. The van der Waals surface area contributed by atoms with E-state index in [1.807, 2.05) is 49.4 Å². The Morgan fingerprint density at radius 1 is 0.862 bits per heavy atom. The van der Waals surface area contributed by atoms with Gasteiger partial charge in [-0.05, 0) is 48.9 Å². The second-order valence-electron chi connectivity index (χ2n) is 6.80. The van der Waals surface area contributed by atoms with Gasteiger partial charge < -0.3 is 10.6 Å². The number of aromatic nitrogens is 4. The van der Waals surface area contributed by atoms with Crippen LogP contribution in [0.15, 0.2) is 54.9 Å². The molecule has 0 atom stereocenters. The maximum Gasteiger partial charge on any atom is 0.319 e. The van der Waals surface area contributed by atoms with Crippen molar-refractivity contribution < 1.29 is 4.79 Å². The number of urea groups is 1. The Bertz CT molecular complexity index is 1400. The van der Waals surface area contributed by atoms with Gasteiger partial charge in [-0.15, -0.1) is 0 Å². The number of pyridine rings is 2. The number of hydrogen-bond donors (Lipinski definition) is 2. The number of hydrogen-bond acceptors (Lipinski definition) is 5. The molecule has 0 aliphatic heterocycles. The zero-order chi connectivity index (χ0) is 19.8. The molecule has 2 aromatic carbocycles. The molecule has 5 aromatic rings. The van der Waals surface area contributed by atoms with Crippen molar-refractivity contribution in [1.29, 1.82) is 0 Å². The first-order valence-electron chi connectivity index (χ1n) is 9.52. The molecule has 0 spiro atoms. The fraction of sp³-hybridized carbons (Fsp3) is 0.136. The molecule has 0 saturated carbocycles. The number of rotatable bonds is 3. The van der Waals surface area contributed by atoms with Crippen molar-refractivity contribution in [3.05, 3.63) is 54.9 Å². The molecule has 7 nitrogen and oxygen atoms in total. The Kier molecular flexibility index (Phi) is 4.13. The molecule has 0 aliphatic rings. The summed E-state index contributed by atoms with van der Waals surface area (Å²) >= 11 is 0. The Labute approximate surface area is 166 Å². The van der Waals surface area contributed by atoms with E-state index >= 15 is 0 Å². The zero-order valence-electron chi connectivity index (χ0n) is 15.8. The zero-order valence-corrected chi connectivity index (χ0v) is 15.8. The summed E-state index contributed by atoms with van der Waals surface area (Å²) in [6.45, 7) is 2.64. The van der Waals surface area contributed by atoms with Crippen LogP contribution in [0.1, 0.15) is 13.3 Å². The third-order valence-electron chi connectivity index (χ3n) is 4.81. The number of carbonyl (C=O) groups excluding carboxylic acids is 1. The summed E-state index contributed by atoms with van der Waals surface area (Å²) in [5, 5.41) is 7.47. The van der Waals surface area contributed by atoms with Crippen molar-refractivity contribution in [2.24, 2.45) is 0 Å². The Morgan fingerprint density at radius 3 is 2.17 bits per heavy atom. The van der Waals surface area contributed by atoms with E-state index in [0.29, 0.717) is 17.7 Å². The highest BCUT2D eigenvalue weighted by Crippen LogP contribution is 2.32. The molecule has 2 N–H and O–H groups in total. The second-order valence-corrected chi connectivity index (χ2v) is 6.80. The summed E-state index contributed by atoms with van der Waals surface area (Å²) in [7, 11) is 0. The van der Waals surface area contributed by atoms with E-state index in [9.17, 15) is 4.79 Å². The van der Waals surface area contributed by atoms with Crippen molar-refractivity contribution in [2.45, 2.75) is 13.3 Å². The van der Waals surface area contributed by atoms with Gasteiger partial charge in [0.2, 0.25) is 0 Å². The second kappa shape index (κ2) is 6.94. The van der Waals surface area contributed by atoms with Crippen LogP contribution >= 0.6 is 0 Å². The van der Waals surface area contributed by atoms with E-state index in [0.717, 1.165) is 44.8 Å². The molecule has 142 valence electrons. The van der Waals surface area contributed by atoms with E-state index in [-0.39, 0.29) is 6.03 Å². The van der Waals surface area contributed by atoms with Gasteiger partial charge in [0.05, 0.1) is 33.1 Å². The standard InChI is InChI=1S/C22H18N6O/c1-2-9-25-22(29)26-13-7-8-16-17(12-13)28-21-15-6-4-11-24-19(15)18-14(20(21)27-16)5-3-10-23-18/h3-8,10-12H,2,9H2,1H3,(H2,25,26,29). The maximum atomic E-state index is 12.0. The van der Waals surface area contributed by atoms with Gasteiger partial charge >= 0.3 is 6.03 Å². The van der Waals surface area contributed by atoms with Crippen LogP contribution in [0.5, 0.6) is 0 Å². The highest BCUT2D eigenvalue weighted by atomic mass is 16.2. The molecule has 7 heteroatoms.